The van der Waals surface area contributed by atoms with Crippen molar-refractivity contribution in [1.82, 2.24) is 20.1 Å². The van der Waals surface area contributed by atoms with E-state index in [1.807, 2.05) is 30.2 Å². The van der Waals surface area contributed by atoms with Gasteiger partial charge in [-0.2, -0.15) is 5.10 Å². The van der Waals surface area contributed by atoms with Crippen LogP contribution in [0.5, 0.6) is 0 Å². The highest BCUT2D eigenvalue weighted by molar-refractivity contribution is 5.35. The summed E-state index contributed by atoms with van der Waals surface area (Å²) in [4.78, 5) is 4.50. The van der Waals surface area contributed by atoms with Crippen LogP contribution in [0.1, 0.15) is 30.5 Å². The van der Waals surface area contributed by atoms with E-state index in [2.05, 4.69) is 42.2 Å². The third-order valence-corrected chi connectivity index (χ3v) is 2.75. The number of nitrogens with zero attached hydrogens (tertiary/aromatic N) is 3. The molecular weight excluding hydrogens is 224 g/mol. The van der Waals surface area contributed by atoms with Crippen molar-refractivity contribution in [3.05, 3.63) is 41.3 Å². The number of nitrogens with one attached hydrogen (secondary N) is 1. The summed E-state index contributed by atoms with van der Waals surface area (Å²) < 4.78 is 1.82. The van der Waals surface area contributed by atoms with Gasteiger partial charge in [-0.3, -0.25) is 0 Å². The van der Waals surface area contributed by atoms with E-state index >= 15 is 0 Å². The van der Waals surface area contributed by atoms with Gasteiger partial charge in [-0.1, -0.05) is 13.8 Å². The number of aromatic nitrogens is 3. The highest BCUT2D eigenvalue weighted by Crippen LogP contribution is 2.12. The topological polar surface area (TPSA) is 42.7 Å². The van der Waals surface area contributed by atoms with Crippen LogP contribution in [-0.2, 0) is 6.54 Å². The molecule has 0 saturated heterocycles. The predicted octanol–water partition coefficient (Wildman–Crippen LogP) is 2.38. The van der Waals surface area contributed by atoms with Crippen LogP contribution >= 0.6 is 0 Å². The van der Waals surface area contributed by atoms with Crippen molar-refractivity contribution in [2.24, 2.45) is 0 Å². The van der Waals surface area contributed by atoms with Gasteiger partial charge in [0.25, 0.3) is 0 Å². The Balaban J connectivity index is 2.20. The molecule has 0 fully saturated rings. The maximum absolute atomic E-state index is 4.50. The fraction of sp³-hybridized carbons (Fsp3) is 0.429. The minimum atomic E-state index is 0.485. The smallest absolute Gasteiger partial charge is 0.156 e. The quantitative estimate of drug-likeness (QED) is 0.898. The first-order valence-electron chi connectivity index (χ1n) is 6.27. The van der Waals surface area contributed by atoms with Gasteiger partial charge in [0.15, 0.2) is 5.82 Å². The molecular formula is C14H20N4. The van der Waals surface area contributed by atoms with E-state index in [9.17, 15) is 0 Å². The van der Waals surface area contributed by atoms with Gasteiger partial charge in [-0.05, 0) is 36.6 Å². The van der Waals surface area contributed by atoms with E-state index in [1.54, 1.807) is 0 Å². The Bertz CT molecular complexity index is 528. The van der Waals surface area contributed by atoms with Crippen molar-refractivity contribution in [2.75, 3.05) is 0 Å². The van der Waals surface area contributed by atoms with E-state index in [0.717, 1.165) is 23.5 Å². The van der Waals surface area contributed by atoms with E-state index in [1.165, 1.54) is 5.56 Å². The Morgan fingerprint density at radius 1 is 1.28 bits per heavy atom. The maximum Gasteiger partial charge on any atom is 0.156 e. The number of rotatable bonds is 4. The molecule has 0 radical (unpaired) electrons. The Kier molecular flexibility index (Phi) is 3.77. The predicted molar refractivity (Wildman–Crippen MR) is 72.8 cm³/mol. The molecule has 18 heavy (non-hydrogen) atoms. The van der Waals surface area contributed by atoms with Crippen molar-refractivity contribution in [2.45, 2.75) is 40.3 Å². The second-order valence-electron chi connectivity index (χ2n) is 4.98. The van der Waals surface area contributed by atoms with Gasteiger partial charge >= 0.3 is 0 Å². The SMILES string of the molecule is Cc1cnn(-c2ncc(CNC(C)C)cc2C)c1. The van der Waals surface area contributed by atoms with E-state index in [4.69, 9.17) is 0 Å². The molecule has 2 aromatic rings. The summed E-state index contributed by atoms with van der Waals surface area (Å²) in [5.41, 5.74) is 3.48. The molecule has 4 nitrogen and oxygen atoms in total. The molecule has 0 amide bonds. The van der Waals surface area contributed by atoms with Crippen molar-refractivity contribution in [1.29, 1.82) is 0 Å². The third-order valence-electron chi connectivity index (χ3n) is 2.75. The molecule has 0 atom stereocenters. The number of hydrogen-bond acceptors (Lipinski definition) is 3. The highest BCUT2D eigenvalue weighted by Gasteiger charge is 2.05. The molecule has 0 bridgehead atoms. The Labute approximate surface area is 108 Å². The molecule has 0 saturated carbocycles. The average Bonchev–Trinajstić information content (AvgIpc) is 2.73. The molecule has 2 rings (SSSR count). The molecule has 96 valence electrons. The molecule has 0 aliphatic rings. The summed E-state index contributed by atoms with van der Waals surface area (Å²) in [6.07, 6.45) is 5.74. The Hall–Kier alpha value is -1.68. The van der Waals surface area contributed by atoms with Gasteiger partial charge < -0.3 is 5.32 Å². The van der Waals surface area contributed by atoms with Crippen LogP contribution < -0.4 is 5.32 Å². The Morgan fingerprint density at radius 3 is 2.61 bits per heavy atom. The largest absolute Gasteiger partial charge is 0.310 e. The lowest BCUT2D eigenvalue weighted by atomic mass is 10.2. The molecule has 0 spiro atoms. The fourth-order valence-electron chi connectivity index (χ4n) is 1.81. The minimum absolute atomic E-state index is 0.485. The zero-order chi connectivity index (χ0) is 13.1. The summed E-state index contributed by atoms with van der Waals surface area (Å²) in [6, 6.07) is 2.65. The molecule has 1 N–H and O–H groups in total. The van der Waals surface area contributed by atoms with Gasteiger partial charge in [-0.25, -0.2) is 9.67 Å². The number of hydrogen-bond donors (Lipinski definition) is 1. The van der Waals surface area contributed by atoms with Crippen LogP contribution in [0.25, 0.3) is 5.82 Å². The molecule has 0 aliphatic carbocycles. The first kappa shape index (κ1) is 12.8. The van der Waals surface area contributed by atoms with Crippen LogP contribution in [0.3, 0.4) is 0 Å². The standard InChI is InChI=1S/C14H20N4/c1-10(2)15-7-13-5-12(4)14(16-8-13)18-9-11(3)6-17-18/h5-6,8-10,15H,7H2,1-4H3. The van der Waals surface area contributed by atoms with Crippen LogP contribution in [0, 0.1) is 13.8 Å². The van der Waals surface area contributed by atoms with Crippen molar-refractivity contribution in [3.8, 4) is 5.82 Å². The summed E-state index contributed by atoms with van der Waals surface area (Å²) in [5, 5.41) is 7.68. The van der Waals surface area contributed by atoms with Crippen LogP contribution in [-0.4, -0.2) is 20.8 Å². The van der Waals surface area contributed by atoms with Crippen LogP contribution in [0.15, 0.2) is 24.7 Å². The summed E-state index contributed by atoms with van der Waals surface area (Å²) in [6.45, 7) is 9.23. The summed E-state index contributed by atoms with van der Waals surface area (Å²) >= 11 is 0. The third kappa shape index (κ3) is 2.96. The maximum atomic E-state index is 4.50. The normalized spacial score (nSPS) is 11.2. The second kappa shape index (κ2) is 5.31. The summed E-state index contributed by atoms with van der Waals surface area (Å²) in [7, 11) is 0. The van der Waals surface area contributed by atoms with Crippen LogP contribution in [0.2, 0.25) is 0 Å². The van der Waals surface area contributed by atoms with Crippen LogP contribution in [0.4, 0.5) is 0 Å². The molecule has 2 heterocycles. The van der Waals surface area contributed by atoms with Crippen molar-refractivity contribution < 1.29 is 0 Å². The molecule has 0 aliphatic heterocycles. The van der Waals surface area contributed by atoms with Gasteiger partial charge in [0.1, 0.15) is 0 Å². The average molecular weight is 244 g/mol. The monoisotopic (exact) mass is 244 g/mol. The zero-order valence-electron chi connectivity index (χ0n) is 11.4. The summed E-state index contributed by atoms with van der Waals surface area (Å²) in [5.74, 6) is 0.899. The van der Waals surface area contributed by atoms with E-state index in [-0.39, 0.29) is 0 Å². The Morgan fingerprint density at radius 2 is 2.06 bits per heavy atom. The molecule has 2 aromatic heterocycles. The number of aryl methyl sites for hydroxylation is 2. The lowest BCUT2D eigenvalue weighted by Crippen LogP contribution is -2.22. The zero-order valence-corrected chi connectivity index (χ0v) is 11.4. The number of pyridine rings is 1. The van der Waals surface area contributed by atoms with Gasteiger partial charge in [0.05, 0.1) is 6.20 Å². The minimum Gasteiger partial charge on any atom is -0.310 e. The van der Waals surface area contributed by atoms with Gasteiger partial charge in [-0.15, -0.1) is 0 Å². The molecule has 0 unspecified atom stereocenters. The molecule has 0 aromatic carbocycles. The first-order chi connectivity index (χ1) is 8.56. The van der Waals surface area contributed by atoms with Crippen molar-refractivity contribution >= 4 is 0 Å². The lowest BCUT2D eigenvalue weighted by Gasteiger charge is -2.10. The first-order valence-corrected chi connectivity index (χ1v) is 6.27. The van der Waals surface area contributed by atoms with E-state index in [0.29, 0.717) is 6.04 Å². The van der Waals surface area contributed by atoms with Gasteiger partial charge in [0, 0.05) is 25.0 Å². The second-order valence-corrected chi connectivity index (χ2v) is 4.98. The highest BCUT2D eigenvalue weighted by atomic mass is 15.3. The lowest BCUT2D eigenvalue weighted by molar-refractivity contribution is 0.587. The van der Waals surface area contributed by atoms with Gasteiger partial charge in [0.2, 0.25) is 0 Å². The van der Waals surface area contributed by atoms with E-state index < -0.39 is 0 Å². The molecule has 4 heteroatoms. The fourth-order valence-corrected chi connectivity index (χ4v) is 1.81. The van der Waals surface area contributed by atoms with Crippen molar-refractivity contribution in [3.63, 3.8) is 0 Å².